The Labute approximate surface area is 118 Å². The fourth-order valence-corrected chi connectivity index (χ4v) is 2.67. The second kappa shape index (κ2) is 6.82. The van der Waals surface area contributed by atoms with Crippen molar-refractivity contribution in [3.63, 3.8) is 0 Å². The highest BCUT2D eigenvalue weighted by Gasteiger charge is 2.27. The highest BCUT2D eigenvalue weighted by Crippen LogP contribution is 2.17. The van der Waals surface area contributed by atoms with Gasteiger partial charge in [-0.15, -0.1) is 0 Å². The highest BCUT2D eigenvalue weighted by atomic mass is 32.2. The van der Waals surface area contributed by atoms with Crippen molar-refractivity contribution < 1.29 is 17.9 Å². The number of nitrogens with one attached hydrogen (secondary N) is 2. The van der Waals surface area contributed by atoms with Crippen LogP contribution in [0.25, 0.3) is 0 Å². The molecule has 0 saturated carbocycles. The summed E-state index contributed by atoms with van der Waals surface area (Å²) in [5, 5.41) is 14.1. The van der Waals surface area contributed by atoms with E-state index >= 15 is 0 Å². The molecule has 0 aliphatic carbocycles. The smallest absolute Gasteiger partial charge is 0.273 e. The first-order chi connectivity index (χ1) is 9.31. The number of amides is 1. The maximum atomic E-state index is 12.1. The molecule has 0 aromatic carbocycles. The number of methoxy groups -OCH3 is 1. The minimum atomic E-state index is -4.01. The van der Waals surface area contributed by atoms with Crippen molar-refractivity contribution in [3.8, 4) is 0 Å². The van der Waals surface area contributed by atoms with Gasteiger partial charge in [0.1, 0.15) is 4.90 Å². The molecule has 114 valence electrons. The van der Waals surface area contributed by atoms with E-state index < -0.39 is 15.9 Å². The molecule has 1 aromatic rings. The molecule has 8 nitrogen and oxygen atoms in total. The third-order valence-electron chi connectivity index (χ3n) is 2.78. The molecule has 0 aliphatic heterocycles. The average Bonchev–Trinajstić information content (AvgIpc) is 2.80. The minimum Gasteiger partial charge on any atom is -0.385 e. The maximum absolute atomic E-state index is 12.1. The van der Waals surface area contributed by atoms with Crippen molar-refractivity contribution in [2.45, 2.75) is 37.6 Å². The van der Waals surface area contributed by atoms with Crippen molar-refractivity contribution >= 4 is 15.9 Å². The van der Waals surface area contributed by atoms with Crippen LogP contribution in [0.2, 0.25) is 0 Å². The van der Waals surface area contributed by atoms with Crippen LogP contribution >= 0.6 is 0 Å². The molecule has 0 radical (unpaired) electrons. The summed E-state index contributed by atoms with van der Waals surface area (Å²) in [7, 11) is -2.45. The number of carbonyl (C=O) groups is 1. The Morgan fingerprint density at radius 2 is 2.20 bits per heavy atom. The molecule has 9 heteroatoms. The van der Waals surface area contributed by atoms with Gasteiger partial charge < -0.3 is 10.1 Å². The van der Waals surface area contributed by atoms with Gasteiger partial charge in [-0.3, -0.25) is 9.89 Å². The van der Waals surface area contributed by atoms with E-state index in [2.05, 4.69) is 15.5 Å². The van der Waals surface area contributed by atoms with Crippen molar-refractivity contribution in [1.82, 2.24) is 15.5 Å². The lowest BCUT2D eigenvalue weighted by molar-refractivity contribution is 0.0921. The van der Waals surface area contributed by atoms with E-state index in [4.69, 9.17) is 9.88 Å². The minimum absolute atomic E-state index is 0.169. The molecule has 4 N–H and O–H groups in total. The Kier molecular flexibility index (Phi) is 5.66. The zero-order valence-electron chi connectivity index (χ0n) is 11.8. The van der Waals surface area contributed by atoms with Gasteiger partial charge in [0, 0.05) is 19.8 Å². The highest BCUT2D eigenvalue weighted by molar-refractivity contribution is 7.89. The molecule has 1 heterocycles. The van der Waals surface area contributed by atoms with Crippen LogP contribution in [0.1, 0.15) is 36.5 Å². The lowest BCUT2D eigenvalue weighted by atomic mass is 10.2. The van der Waals surface area contributed by atoms with Crippen LogP contribution in [-0.4, -0.2) is 44.3 Å². The topological polar surface area (TPSA) is 127 Å². The second-order valence-electron chi connectivity index (χ2n) is 4.43. The van der Waals surface area contributed by atoms with Crippen molar-refractivity contribution in [1.29, 1.82) is 0 Å². The fourth-order valence-electron chi connectivity index (χ4n) is 1.73. The number of primary sulfonamides is 1. The third kappa shape index (κ3) is 4.02. The molecule has 0 aliphatic rings. The Balaban J connectivity index is 2.97. The molecule has 0 fully saturated rings. The SMILES string of the molecule is CCc1[nH]nc(C(=O)NC(C)CCOC)c1S(N)(=O)=O. The molecule has 1 rings (SSSR count). The van der Waals surface area contributed by atoms with Crippen molar-refractivity contribution in [2.75, 3.05) is 13.7 Å². The van der Waals surface area contributed by atoms with Crippen LogP contribution in [0.3, 0.4) is 0 Å². The molecular weight excluding hydrogens is 284 g/mol. The van der Waals surface area contributed by atoms with Crippen LogP contribution in [0.15, 0.2) is 4.90 Å². The standard InChI is InChI=1S/C11H20N4O4S/c1-4-8-10(20(12,17)18)9(15-14-8)11(16)13-7(2)5-6-19-3/h7H,4-6H2,1-3H3,(H,13,16)(H,14,15)(H2,12,17,18). The summed E-state index contributed by atoms with van der Waals surface area (Å²) in [5.74, 6) is -0.575. The van der Waals surface area contributed by atoms with Gasteiger partial charge in [0.15, 0.2) is 5.69 Å². The predicted molar refractivity (Wildman–Crippen MR) is 72.8 cm³/mol. The van der Waals surface area contributed by atoms with E-state index in [1.54, 1.807) is 21.0 Å². The van der Waals surface area contributed by atoms with Gasteiger partial charge in [0.05, 0.1) is 5.69 Å². The Morgan fingerprint density at radius 3 is 2.70 bits per heavy atom. The number of nitrogens with zero attached hydrogens (tertiary/aromatic N) is 1. The van der Waals surface area contributed by atoms with E-state index in [1.807, 2.05) is 0 Å². The summed E-state index contributed by atoms with van der Waals surface area (Å²) in [6.45, 7) is 4.02. The molecule has 1 amide bonds. The van der Waals surface area contributed by atoms with Crippen LogP contribution < -0.4 is 10.5 Å². The first kappa shape index (κ1) is 16.6. The van der Waals surface area contributed by atoms with Crippen LogP contribution in [0.5, 0.6) is 0 Å². The average molecular weight is 304 g/mol. The van der Waals surface area contributed by atoms with Gasteiger partial charge >= 0.3 is 0 Å². The molecule has 0 bridgehead atoms. The number of sulfonamides is 1. The van der Waals surface area contributed by atoms with Gasteiger partial charge in [0.25, 0.3) is 5.91 Å². The third-order valence-corrected chi connectivity index (χ3v) is 3.79. The molecule has 1 unspecified atom stereocenters. The monoisotopic (exact) mass is 304 g/mol. The Hall–Kier alpha value is -1.45. The zero-order valence-corrected chi connectivity index (χ0v) is 12.6. The summed E-state index contributed by atoms with van der Waals surface area (Å²) in [6.07, 6.45) is 0.989. The summed E-state index contributed by atoms with van der Waals surface area (Å²) in [6, 6.07) is -0.169. The predicted octanol–water partition coefficient (Wildman–Crippen LogP) is -0.226. The van der Waals surface area contributed by atoms with Crippen molar-refractivity contribution in [3.05, 3.63) is 11.4 Å². The number of ether oxygens (including phenoxy) is 1. The van der Waals surface area contributed by atoms with Gasteiger partial charge in [-0.05, 0) is 19.8 Å². The van der Waals surface area contributed by atoms with Gasteiger partial charge in [-0.1, -0.05) is 6.92 Å². The van der Waals surface area contributed by atoms with Crippen LogP contribution in [-0.2, 0) is 21.2 Å². The number of aryl methyl sites for hydroxylation is 1. The summed E-state index contributed by atoms with van der Waals surface area (Å²) >= 11 is 0. The second-order valence-corrected chi connectivity index (χ2v) is 5.93. The lowest BCUT2D eigenvalue weighted by Gasteiger charge is -2.12. The van der Waals surface area contributed by atoms with Gasteiger partial charge in [-0.25, -0.2) is 13.6 Å². The molecule has 1 aromatic heterocycles. The number of aromatic amines is 1. The van der Waals surface area contributed by atoms with E-state index in [-0.39, 0.29) is 16.6 Å². The maximum Gasteiger partial charge on any atom is 0.273 e. The van der Waals surface area contributed by atoms with E-state index in [0.29, 0.717) is 25.1 Å². The number of hydrogen-bond donors (Lipinski definition) is 3. The number of rotatable bonds is 7. The number of hydrogen-bond acceptors (Lipinski definition) is 5. The fraction of sp³-hybridized carbons (Fsp3) is 0.636. The molecule has 0 saturated heterocycles. The Bertz CT molecular complexity index is 567. The first-order valence-electron chi connectivity index (χ1n) is 6.21. The first-order valence-corrected chi connectivity index (χ1v) is 7.75. The van der Waals surface area contributed by atoms with E-state index in [1.165, 1.54) is 0 Å². The molecule has 1 atom stereocenters. The number of H-pyrrole nitrogens is 1. The van der Waals surface area contributed by atoms with Gasteiger partial charge in [0.2, 0.25) is 10.0 Å². The quantitative estimate of drug-likeness (QED) is 0.641. The molecular formula is C11H20N4O4S. The van der Waals surface area contributed by atoms with Crippen LogP contribution in [0.4, 0.5) is 0 Å². The number of carbonyl (C=O) groups excluding carboxylic acids is 1. The van der Waals surface area contributed by atoms with Crippen molar-refractivity contribution in [2.24, 2.45) is 5.14 Å². The Morgan fingerprint density at radius 1 is 1.55 bits per heavy atom. The normalized spacial score (nSPS) is 13.2. The zero-order chi connectivity index (χ0) is 15.3. The largest absolute Gasteiger partial charge is 0.385 e. The summed E-state index contributed by atoms with van der Waals surface area (Å²) < 4.78 is 28.1. The van der Waals surface area contributed by atoms with Crippen LogP contribution in [0, 0.1) is 0 Å². The van der Waals surface area contributed by atoms with E-state index in [0.717, 1.165) is 0 Å². The molecule has 20 heavy (non-hydrogen) atoms. The number of nitrogens with two attached hydrogens (primary N) is 1. The molecule has 0 spiro atoms. The lowest BCUT2D eigenvalue weighted by Crippen LogP contribution is -2.34. The van der Waals surface area contributed by atoms with E-state index in [9.17, 15) is 13.2 Å². The summed E-state index contributed by atoms with van der Waals surface area (Å²) in [5.41, 5.74) is 0.121. The number of aromatic nitrogens is 2. The van der Waals surface area contributed by atoms with Gasteiger partial charge in [-0.2, -0.15) is 5.10 Å². The summed E-state index contributed by atoms with van der Waals surface area (Å²) in [4.78, 5) is 11.8.